The molecule has 1 aliphatic carbocycles. The number of ether oxygens (including phenoxy) is 1. The van der Waals surface area contributed by atoms with Gasteiger partial charge in [-0.05, 0) is 42.4 Å². The summed E-state index contributed by atoms with van der Waals surface area (Å²) >= 11 is 0. The molecule has 3 atom stereocenters. The minimum Gasteiger partial charge on any atom is -0.497 e. The zero-order valence-electron chi connectivity index (χ0n) is 10.7. The summed E-state index contributed by atoms with van der Waals surface area (Å²) < 4.78 is 5.20. The van der Waals surface area contributed by atoms with Gasteiger partial charge in [0.2, 0.25) is 0 Å². The fraction of sp³-hybridized carbons (Fsp3) is 0.600. The Kier molecular flexibility index (Phi) is 4.06. The second-order valence-corrected chi connectivity index (χ2v) is 5.25. The normalized spacial score (nSPS) is 26.5. The van der Waals surface area contributed by atoms with Crippen LogP contribution in [0.2, 0.25) is 0 Å². The Hall–Kier alpha value is -1.02. The highest BCUT2D eigenvalue weighted by molar-refractivity contribution is 5.30. The third-order valence-electron chi connectivity index (χ3n) is 3.86. The van der Waals surface area contributed by atoms with E-state index >= 15 is 0 Å². The Morgan fingerprint density at radius 2 is 2.18 bits per heavy atom. The van der Waals surface area contributed by atoms with E-state index in [1.165, 1.54) is 12.8 Å². The van der Waals surface area contributed by atoms with Crippen LogP contribution < -0.4 is 4.74 Å². The monoisotopic (exact) mass is 234 g/mol. The summed E-state index contributed by atoms with van der Waals surface area (Å²) in [7, 11) is 1.66. The zero-order chi connectivity index (χ0) is 12.3. The quantitative estimate of drug-likeness (QED) is 0.866. The number of aliphatic hydroxyl groups is 1. The van der Waals surface area contributed by atoms with Crippen LogP contribution in [0.25, 0.3) is 0 Å². The van der Waals surface area contributed by atoms with Gasteiger partial charge in [-0.3, -0.25) is 0 Å². The Balaban J connectivity index is 2.09. The first-order chi connectivity index (χ1) is 8.20. The molecule has 0 bridgehead atoms. The van der Waals surface area contributed by atoms with Gasteiger partial charge in [0, 0.05) is 0 Å². The number of aliphatic hydroxyl groups excluding tert-OH is 1. The molecule has 0 aliphatic heterocycles. The van der Waals surface area contributed by atoms with E-state index in [0.717, 1.165) is 30.1 Å². The predicted molar refractivity (Wildman–Crippen MR) is 69.1 cm³/mol. The Morgan fingerprint density at radius 3 is 2.88 bits per heavy atom. The van der Waals surface area contributed by atoms with E-state index in [9.17, 15) is 5.11 Å². The summed E-state index contributed by atoms with van der Waals surface area (Å²) in [6, 6.07) is 7.81. The van der Waals surface area contributed by atoms with Crippen molar-refractivity contribution in [3.05, 3.63) is 29.8 Å². The van der Waals surface area contributed by atoms with Crippen molar-refractivity contribution in [3.63, 3.8) is 0 Å². The average Bonchev–Trinajstić information content (AvgIpc) is 2.38. The van der Waals surface area contributed by atoms with E-state index in [-0.39, 0.29) is 6.10 Å². The maximum atomic E-state index is 10.4. The molecular formula is C15H22O2. The largest absolute Gasteiger partial charge is 0.497 e. The van der Waals surface area contributed by atoms with Crippen LogP contribution in [0.5, 0.6) is 5.75 Å². The fourth-order valence-corrected chi connectivity index (χ4v) is 2.87. The average molecular weight is 234 g/mol. The fourth-order valence-electron chi connectivity index (χ4n) is 2.87. The maximum Gasteiger partial charge on any atom is 0.119 e. The first kappa shape index (κ1) is 12.4. The van der Waals surface area contributed by atoms with E-state index in [2.05, 4.69) is 6.92 Å². The van der Waals surface area contributed by atoms with Crippen LogP contribution in [0.4, 0.5) is 0 Å². The van der Waals surface area contributed by atoms with Crippen LogP contribution in [-0.4, -0.2) is 12.2 Å². The highest BCUT2D eigenvalue weighted by Crippen LogP contribution is 2.37. The van der Waals surface area contributed by atoms with E-state index in [1.54, 1.807) is 7.11 Å². The van der Waals surface area contributed by atoms with Crippen LogP contribution in [0, 0.1) is 11.8 Å². The van der Waals surface area contributed by atoms with Gasteiger partial charge in [0.25, 0.3) is 0 Å². The van der Waals surface area contributed by atoms with Gasteiger partial charge in [0.1, 0.15) is 5.75 Å². The lowest BCUT2D eigenvalue weighted by atomic mass is 9.78. The molecule has 1 saturated carbocycles. The van der Waals surface area contributed by atoms with Gasteiger partial charge < -0.3 is 9.84 Å². The standard InChI is InChI=1S/C15H22O2/c1-11-5-3-6-12(9-11)15(16)13-7-4-8-14(10-13)17-2/h4,7-8,10-12,15-16H,3,5-6,9H2,1-2H3. The molecule has 2 rings (SSSR count). The van der Waals surface area contributed by atoms with E-state index < -0.39 is 0 Å². The van der Waals surface area contributed by atoms with Gasteiger partial charge in [-0.1, -0.05) is 31.9 Å². The lowest BCUT2D eigenvalue weighted by molar-refractivity contribution is 0.0712. The molecule has 0 saturated heterocycles. The van der Waals surface area contributed by atoms with Crippen molar-refractivity contribution in [2.45, 2.75) is 38.7 Å². The van der Waals surface area contributed by atoms with Gasteiger partial charge in [-0.25, -0.2) is 0 Å². The number of methoxy groups -OCH3 is 1. The van der Waals surface area contributed by atoms with Crippen molar-refractivity contribution in [2.75, 3.05) is 7.11 Å². The van der Waals surface area contributed by atoms with Crippen LogP contribution in [0.3, 0.4) is 0 Å². The first-order valence-electron chi connectivity index (χ1n) is 6.52. The van der Waals surface area contributed by atoms with Crippen LogP contribution in [-0.2, 0) is 0 Å². The molecule has 0 amide bonds. The minimum atomic E-state index is -0.340. The summed E-state index contributed by atoms with van der Waals surface area (Å²) in [5.74, 6) is 1.98. The molecule has 1 aromatic rings. The topological polar surface area (TPSA) is 29.5 Å². The van der Waals surface area contributed by atoms with Crippen molar-refractivity contribution in [2.24, 2.45) is 11.8 Å². The third-order valence-corrected chi connectivity index (χ3v) is 3.86. The summed E-state index contributed by atoms with van der Waals surface area (Å²) in [6.45, 7) is 2.28. The van der Waals surface area contributed by atoms with E-state index in [0.29, 0.717) is 5.92 Å². The third kappa shape index (κ3) is 3.01. The molecule has 17 heavy (non-hydrogen) atoms. The molecule has 1 N–H and O–H groups in total. The van der Waals surface area contributed by atoms with Gasteiger partial charge in [0.05, 0.1) is 13.2 Å². The van der Waals surface area contributed by atoms with Gasteiger partial charge in [-0.15, -0.1) is 0 Å². The van der Waals surface area contributed by atoms with Gasteiger partial charge in [0.15, 0.2) is 0 Å². The Bertz CT molecular complexity index is 362. The number of rotatable bonds is 3. The zero-order valence-corrected chi connectivity index (χ0v) is 10.7. The number of hydrogen-bond acceptors (Lipinski definition) is 2. The number of hydrogen-bond donors (Lipinski definition) is 1. The molecule has 0 heterocycles. The lowest BCUT2D eigenvalue weighted by Gasteiger charge is -2.30. The molecule has 0 aromatic heterocycles. The molecule has 3 unspecified atom stereocenters. The van der Waals surface area contributed by atoms with Crippen molar-refractivity contribution in [1.29, 1.82) is 0 Å². The molecular weight excluding hydrogens is 212 g/mol. The van der Waals surface area contributed by atoms with Crippen LogP contribution in [0.15, 0.2) is 24.3 Å². The van der Waals surface area contributed by atoms with Crippen molar-refractivity contribution < 1.29 is 9.84 Å². The van der Waals surface area contributed by atoms with Crippen LogP contribution in [0.1, 0.15) is 44.3 Å². The minimum absolute atomic E-state index is 0.340. The predicted octanol–water partition coefficient (Wildman–Crippen LogP) is 3.55. The second kappa shape index (κ2) is 5.54. The molecule has 0 radical (unpaired) electrons. The maximum absolute atomic E-state index is 10.4. The summed E-state index contributed by atoms with van der Waals surface area (Å²) in [6.07, 6.45) is 4.49. The summed E-state index contributed by atoms with van der Waals surface area (Å²) in [5.41, 5.74) is 0.989. The SMILES string of the molecule is COc1cccc(C(O)C2CCCC(C)C2)c1. The summed E-state index contributed by atoms with van der Waals surface area (Å²) in [5, 5.41) is 10.4. The van der Waals surface area contributed by atoms with Gasteiger partial charge in [-0.2, -0.15) is 0 Å². The van der Waals surface area contributed by atoms with Gasteiger partial charge >= 0.3 is 0 Å². The number of benzene rings is 1. The Morgan fingerprint density at radius 1 is 1.35 bits per heavy atom. The molecule has 1 aromatic carbocycles. The molecule has 2 nitrogen and oxygen atoms in total. The molecule has 2 heteroatoms. The van der Waals surface area contributed by atoms with E-state index in [4.69, 9.17) is 4.74 Å². The second-order valence-electron chi connectivity index (χ2n) is 5.25. The molecule has 1 fully saturated rings. The molecule has 1 aliphatic rings. The van der Waals surface area contributed by atoms with Crippen LogP contribution >= 0.6 is 0 Å². The smallest absolute Gasteiger partial charge is 0.119 e. The van der Waals surface area contributed by atoms with Crippen molar-refractivity contribution in [1.82, 2.24) is 0 Å². The van der Waals surface area contributed by atoms with E-state index in [1.807, 2.05) is 24.3 Å². The molecule has 0 spiro atoms. The summed E-state index contributed by atoms with van der Waals surface area (Å²) in [4.78, 5) is 0. The highest BCUT2D eigenvalue weighted by atomic mass is 16.5. The first-order valence-corrected chi connectivity index (χ1v) is 6.52. The Labute approximate surface area is 104 Å². The van der Waals surface area contributed by atoms with Crippen molar-refractivity contribution in [3.8, 4) is 5.75 Å². The molecule has 94 valence electrons. The lowest BCUT2D eigenvalue weighted by Crippen LogP contribution is -2.20. The van der Waals surface area contributed by atoms with Crippen molar-refractivity contribution >= 4 is 0 Å². The highest BCUT2D eigenvalue weighted by Gasteiger charge is 2.26.